The van der Waals surface area contributed by atoms with Crippen molar-refractivity contribution in [3.8, 4) is 5.69 Å². The van der Waals surface area contributed by atoms with E-state index >= 15 is 0 Å². The number of aromatic nitrogens is 3. The van der Waals surface area contributed by atoms with Gasteiger partial charge in [0.2, 0.25) is 11.8 Å². The highest BCUT2D eigenvalue weighted by Crippen LogP contribution is 2.12. The minimum absolute atomic E-state index is 0.0539. The molecule has 0 spiro atoms. The van der Waals surface area contributed by atoms with Crippen molar-refractivity contribution >= 4 is 17.5 Å². The van der Waals surface area contributed by atoms with E-state index in [2.05, 4.69) is 15.7 Å². The molecule has 0 bridgehead atoms. The van der Waals surface area contributed by atoms with Crippen LogP contribution in [0.25, 0.3) is 5.69 Å². The lowest BCUT2D eigenvalue weighted by molar-refractivity contribution is -0.120. The van der Waals surface area contributed by atoms with Crippen molar-refractivity contribution < 1.29 is 9.59 Å². The van der Waals surface area contributed by atoms with E-state index in [9.17, 15) is 9.59 Å². The standard InChI is InChI=1S/C24H23N5O2/c30-23(16-19-7-9-22(10-8-19)28-12-1-2-13-28)25-17-20-5-3-6-21(15-20)27-24(31)18-29-14-4-11-26-29/h1-15H,16-18H2,(H,25,30)(H,27,31). The normalized spacial score (nSPS) is 10.6. The molecule has 0 unspecified atom stereocenters. The van der Waals surface area contributed by atoms with Crippen LogP contribution in [0.1, 0.15) is 11.1 Å². The van der Waals surface area contributed by atoms with Crippen molar-refractivity contribution in [1.29, 1.82) is 0 Å². The number of carbonyl (C=O) groups is 2. The molecule has 0 radical (unpaired) electrons. The van der Waals surface area contributed by atoms with Gasteiger partial charge in [-0.1, -0.05) is 24.3 Å². The first kappa shape index (κ1) is 20.2. The molecule has 2 heterocycles. The number of benzene rings is 2. The van der Waals surface area contributed by atoms with E-state index < -0.39 is 0 Å². The third kappa shape index (κ3) is 5.70. The van der Waals surface area contributed by atoms with Gasteiger partial charge in [0.1, 0.15) is 6.54 Å². The second kappa shape index (κ2) is 9.58. The SMILES string of the molecule is O=C(Cc1ccc(-n2cccc2)cc1)NCc1cccc(NC(=O)Cn2cccn2)c1. The first-order chi connectivity index (χ1) is 15.2. The summed E-state index contributed by atoms with van der Waals surface area (Å²) in [6, 6.07) is 21.1. The summed E-state index contributed by atoms with van der Waals surface area (Å²) >= 11 is 0. The second-order valence-corrected chi connectivity index (χ2v) is 7.16. The van der Waals surface area contributed by atoms with E-state index in [0.29, 0.717) is 18.7 Å². The molecule has 7 nitrogen and oxygen atoms in total. The molecular formula is C24H23N5O2. The first-order valence-corrected chi connectivity index (χ1v) is 10.0. The van der Waals surface area contributed by atoms with E-state index in [1.54, 1.807) is 23.1 Å². The molecule has 2 aromatic carbocycles. The van der Waals surface area contributed by atoms with E-state index in [1.165, 1.54) is 0 Å². The zero-order valence-electron chi connectivity index (χ0n) is 16.9. The Balaban J connectivity index is 1.27. The Bertz CT molecular complexity index is 1130. The summed E-state index contributed by atoms with van der Waals surface area (Å²) in [5.74, 6) is -0.213. The average molecular weight is 413 g/mol. The van der Waals surface area contributed by atoms with Gasteiger partial charge in [0.05, 0.1) is 6.42 Å². The summed E-state index contributed by atoms with van der Waals surface area (Å²) < 4.78 is 3.58. The minimum Gasteiger partial charge on any atom is -0.352 e. The molecule has 156 valence electrons. The number of nitrogens with zero attached hydrogens (tertiary/aromatic N) is 3. The monoisotopic (exact) mass is 413 g/mol. The van der Waals surface area contributed by atoms with Gasteiger partial charge in [0, 0.05) is 42.7 Å². The van der Waals surface area contributed by atoms with Gasteiger partial charge in [-0.25, -0.2) is 0 Å². The number of amides is 2. The lowest BCUT2D eigenvalue weighted by Gasteiger charge is -2.09. The molecule has 7 heteroatoms. The van der Waals surface area contributed by atoms with E-state index in [0.717, 1.165) is 16.8 Å². The Hall–Kier alpha value is -4.13. The third-order valence-electron chi connectivity index (χ3n) is 4.77. The Morgan fingerprint density at radius 1 is 0.839 bits per heavy atom. The highest BCUT2D eigenvalue weighted by Gasteiger charge is 2.07. The number of anilines is 1. The number of rotatable bonds is 8. The van der Waals surface area contributed by atoms with E-state index in [1.807, 2.05) is 77.6 Å². The maximum absolute atomic E-state index is 12.3. The summed E-state index contributed by atoms with van der Waals surface area (Å²) in [5, 5.41) is 9.81. The van der Waals surface area contributed by atoms with Crippen molar-refractivity contribution in [3.63, 3.8) is 0 Å². The van der Waals surface area contributed by atoms with Crippen LogP contribution in [0.2, 0.25) is 0 Å². The molecule has 0 saturated carbocycles. The summed E-state index contributed by atoms with van der Waals surface area (Å²) in [6.45, 7) is 0.542. The van der Waals surface area contributed by atoms with Gasteiger partial charge in [-0.05, 0) is 53.6 Å². The largest absolute Gasteiger partial charge is 0.352 e. The van der Waals surface area contributed by atoms with Crippen LogP contribution in [0.3, 0.4) is 0 Å². The van der Waals surface area contributed by atoms with E-state index in [-0.39, 0.29) is 18.4 Å². The lowest BCUT2D eigenvalue weighted by Crippen LogP contribution is -2.24. The van der Waals surface area contributed by atoms with Gasteiger partial charge in [-0.15, -0.1) is 0 Å². The molecule has 0 saturated heterocycles. The fourth-order valence-electron chi connectivity index (χ4n) is 3.24. The quantitative estimate of drug-likeness (QED) is 0.466. The molecular weight excluding hydrogens is 390 g/mol. The molecule has 4 aromatic rings. The van der Waals surface area contributed by atoms with Crippen LogP contribution in [-0.2, 0) is 29.1 Å². The average Bonchev–Trinajstić information content (AvgIpc) is 3.47. The van der Waals surface area contributed by atoms with Gasteiger partial charge in [-0.2, -0.15) is 5.10 Å². The number of carbonyl (C=O) groups excluding carboxylic acids is 2. The molecule has 0 aliphatic carbocycles. The summed E-state index contributed by atoms with van der Waals surface area (Å²) in [5.41, 5.74) is 3.60. The summed E-state index contributed by atoms with van der Waals surface area (Å²) in [4.78, 5) is 24.5. The fraction of sp³-hybridized carbons (Fsp3) is 0.125. The van der Waals surface area contributed by atoms with Crippen molar-refractivity contribution in [3.05, 3.63) is 103 Å². The molecule has 2 aromatic heterocycles. The zero-order chi connectivity index (χ0) is 21.5. The first-order valence-electron chi connectivity index (χ1n) is 10.0. The van der Waals surface area contributed by atoms with Crippen molar-refractivity contribution in [2.75, 3.05) is 5.32 Å². The highest BCUT2D eigenvalue weighted by molar-refractivity contribution is 5.90. The van der Waals surface area contributed by atoms with Gasteiger partial charge >= 0.3 is 0 Å². The van der Waals surface area contributed by atoms with Gasteiger partial charge in [-0.3, -0.25) is 14.3 Å². The second-order valence-electron chi connectivity index (χ2n) is 7.16. The molecule has 2 amide bonds. The van der Waals surface area contributed by atoms with Crippen LogP contribution in [0.4, 0.5) is 5.69 Å². The maximum atomic E-state index is 12.3. The smallest absolute Gasteiger partial charge is 0.246 e. The molecule has 4 rings (SSSR count). The number of hydrogen-bond donors (Lipinski definition) is 2. The molecule has 31 heavy (non-hydrogen) atoms. The molecule has 0 aliphatic heterocycles. The van der Waals surface area contributed by atoms with Gasteiger partial charge in [0.25, 0.3) is 0 Å². The van der Waals surface area contributed by atoms with Crippen LogP contribution >= 0.6 is 0 Å². The van der Waals surface area contributed by atoms with Gasteiger partial charge < -0.3 is 15.2 Å². The number of nitrogens with one attached hydrogen (secondary N) is 2. The minimum atomic E-state index is -0.159. The molecule has 0 fully saturated rings. The van der Waals surface area contributed by atoms with Crippen LogP contribution in [0.5, 0.6) is 0 Å². The van der Waals surface area contributed by atoms with Crippen LogP contribution in [0, 0.1) is 0 Å². The number of hydrogen-bond acceptors (Lipinski definition) is 3. The topological polar surface area (TPSA) is 81.0 Å². The van der Waals surface area contributed by atoms with Crippen molar-refractivity contribution in [1.82, 2.24) is 19.7 Å². The Kier molecular flexibility index (Phi) is 6.23. The zero-order valence-corrected chi connectivity index (χ0v) is 16.9. The van der Waals surface area contributed by atoms with Gasteiger partial charge in [0.15, 0.2) is 0 Å². The Morgan fingerprint density at radius 3 is 2.39 bits per heavy atom. The lowest BCUT2D eigenvalue weighted by atomic mass is 10.1. The Labute approximate surface area is 180 Å². The fourth-order valence-corrected chi connectivity index (χ4v) is 3.24. The summed E-state index contributed by atoms with van der Waals surface area (Å²) in [6.07, 6.45) is 7.64. The van der Waals surface area contributed by atoms with E-state index in [4.69, 9.17) is 0 Å². The summed E-state index contributed by atoms with van der Waals surface area (Å²) in [7, 11) is 0. The third-order valence-corrected chi connectivity index (χ3v) is 4.77. The predicted octanol–water partition coefficient (Wildman–Crippen LogP) is 3.17. The van der Waals surface area contributed by atoms with Crippen LogP contribution < -0.4 is 10.6 Å². The molecule has 0 aliphatic rings. The molecule has 0 atom stereocenters. The predicted molar refractivity (Wildman–Crippen MR) is 119 cm³/mol. The van der Waals surface area contributed by atoms with Crippen LogP contribution in [0.15, 0.2) is 91.5 Å². The van der Waals surface area contributed by atoms with Crippen molar-refractivity contribution in [2.45, 2.75) is 19.5 Å². The highest BCUT2D eigenvalue weighted by atomic mass is 16.2. The molecule has 2 N–H and O–H groups in total. The Morgan fingerprint density at radius 2 is 1.65 bits per heavy atom. The maximum Gasteiger partial charge on any atom is 0.246 e. The van der Waals surface area contributed by atoms with Crippen molar-refractivity contribution in [2.24, 2.45) is 0 Å². The van der Waals surface area contributed by atoms with Crippen LogP contribution in [-0.4, -0.2) is 26.2 Å².